The molecule has 114 valence electrons. The van der Waals surface area contributed by atoms with E-state index in [-0.39, 0.29) is 30.2 Å². The van der Waals surface area contributed by atoms with Gasteiger partial charge < -0.3 is 14.6 Å². The van der Waals surface area contributed by atoms with Crippen LogP contribution in [0.15, 0.2) is 21.7 Å². The zero-order valence-corrected chi connectivity index (χ0v) is 12.7. The number of esters is 1. The maximum Gasteiger partial charge on any atom is 0.353 e. The molecule has 1 fully saturated rings. The van der Waals surface area contributed by atoms with Crippen LogP contribution in [-0.4, -0.2) is 53.5 Å². The Kier molecular flexibility index (Phi) is 4.38. The summed E-state index contributed by atoms with van der Waals surface area (Å²) in [6.45, 7) is 3.16. The largest absolute Gasteiger partial charge is 0.477 e. The second-order valence-electron chi connectivity index (χ2n) is 4.63. The van der Waals surface area contributed by atoms with Crippen molar-refractivity contribution in [2.45, 2.75) is 19.2 Å². The number of hydrogen-bond donors (Lipinski definition) is 1. The van der Waals surface area contributed by atoms with Crippen molar-refractivity contribution in [2.24, 2.45) is 0 Å². The van der Waals surface area contributed by atoms with Gasteiger partial charge in [0.05, 0.1) is 12.2 Å². The highest BCUT2D eigenvalue weighted by atomic mass is 32.2. The van der Waals surface area contributed by atoms with Crippen LogP contribution in [0.3, 0.4) is 0 Å². The number of carboxylic acid groups (broad SMARTS) is 1. The van der Waals surface area contributed by atoms with Crippen LogP contribution in [0.5, 0.6) is 0 Å². The van der Waals surface area contributed by atoms with Crippen molar-refractivity contribution < 1.29 is 29.0 Å². The smallest absolute Gasteiger partial charge is 0.353 e. The summed E-state index contributed by atoms with van der Waals surface area (Å²) in [5.41, 5.74) is 1.10. The summed E-state index contributed by atoms with van der Waals surface area (Å²) in [6.07, 6.45) is 0. The molecule has 0 spiro atoms. The van der Waals surface area contributed by atoms with Crippen LogP contribution in [0, 0.1) is 0 Å². The van der Waals surface area contributed by atoms with Crippen molar-refractivity contribution in [3.63, 3.8) is 0 Å². The number of aliphatic carboxylic acids is 1. The van der Waals surface area contributed by atoms with Crippen LogP contribution >= 0.6 is 11.8 Å². The summed E-state index contributed by atoms with van der Waals surface area (Å²) < 4.78 is 9.85. The standard InChI is InChI=1S/C13H15NO6S/c1-6(4-20-7(2)15)9-11(16)14-10(13(17)18)8(5-19-3)21-12(9)14/h12H,4-5H2,1-3H3,(H,17,18)/t12-/m1/s1. The molecule has 1 saturated heterocycles. The minimum atomic E-state index is -1.15. The molecule has 8 heteroatoms. The van der Waals surface area contributed by atoms with Crippen molar-refractivity contribution in [2.75, 3.05) is 20.3 Å². The lowest BCUT2D eigenvalue weighted by Crippen LogP contribution is -2.52. The molecule has 21 heavy (non-hydrogen) atoms. The molecule has 0 radical (unpaired) electrons. The van der Waals surface area contributed by atoms with Gasteiger partial charge in [-0.25, -0.2) is 4.79 Å². The number of carbonyl (C=O) groups excluding carboxylic acids is 2. The zero-order valence-electron chi connectivity index (χ0n) is 11.8. The molecule has 0 bridgehead atoms. The third-order valence-electron chi connectivity index (χ3n) is 3.12. The third-order valence-corrected chi connectivity index (χ3v) is 4.38. The fraction of sp³-hybridized carbons (Fsp3) is 0.462. The lowest BCUT2D eigenvalue weighted by atomic mass is 9.99. The molecule has 0 aliphatic carbocycles. The molecule has 0 aromatic rings. The Morgan fingerprint density at radius 2 is 2.05 bits per heavy atom. The van der Waals surface area contributed by atoms with Crippen LogP contribution < -0.4 is 0 Å². The molecular formula is C13H15NO6S. The molecule has 1 atom stereocenters. The number of β-lactam (4-membered cyclic amide) rings is 1. The number of carboxylic acids is 1. The zero-order chi connectivity index (χ0) is 15.7. The quantitative estimate of drug-likeness (QED) is 0.454. The van der Waals surface area contributed by atoms with Gasteiger partial charge in [-0.1, -0.05) is 11.8 Å². The van der Waals surface area contributed by atoms with Crippen LogP contribution in [0.25, 0.3) is 0 Å². The number of ether oxygens (including phenoxy) is 2. The average molecular weight is 313 g/mol. The van der Waals surface area contributed by atoms with Crippen molar-refractivity contribution in [3.8, 4) is 0 Å². The number of rotatable bonds is 5. The molecule has 0 unspecified atom stereocenters. The van der Waals surface area contributed by atoms with E-state index in [2.05, 4.69) is 0 Å². The molecule has 7 nitrogen and oxygen atoms in total. The lowest BCUT2D eigenvalue weighted by molar-refractivity contribution is -0.141. The number of thioether (sulfide) groups is 1. The van der Waals surface area contributed by atoms with Crippen LogP contribution in [0.2, 0.25) is 0 Å². The molecule has 0 aromatic heterocycles. The van der Waals surface area contributed by atoms with Crippen molar-refractivity contribution >= 4 is 29.6 Å². The Morgan fingerprint density at radius 3 is 2.57 bits per heavy atom. The Hall–Kier alpha value is -1.80. The molecule has 2 aliphatic heterocycles. The molecule has 1 N–H and O–H groups in total. The Balaban J connectivity index is 2.23. The third kappa shape index (κ3) is 2.68. The Labute approximate surface area is 125 Å². The maximum atomic E-state index is 12.2. The van der Waals surface area contributed by atoms with Crippen LogP contribution in [0.4, 0.5) is 0 Å². The van der Waals surface area contributed by atoms with Crippen LogP contribution in [0.1, 0.15) is 13.8 Å². The van der Waals surface area contributed by atoms with Gasteiger partial charge in [0.25, 0.3) is 5.91 Å². The highest BCUT2D eigenvalue weighted by molar-refractivity contribution is 8.04. The van der Waals surface area contributed by atoms with E-state index in [1.165, 1.54) is 30.7 Å². The minimum absolute atomic E-state index is 0.0270. The number of carbonyl (C=O) groups is 3. The summed E-state index contributed by atoms with van der Waals surface area (Å²) in [4.78, 5) is 36.1. The summed E-state index contributed by atoms with van der Waals surface area (Å²) in [6, 6.07) is 0. The fourth-order valence-corrected chi connectivity index (χ4v) is 3.68. The van der Waals surface area contributed by atoms with E-state index in [9.17, 15) is 19.5 Å². The molecule has 0 aromatic carbocycles. The topological polar surface area (TPSA) is 93.1 Å². The molecule has 1 amide bonds. The molecule has 0 saturated carbocycles. The van der Waals surface area contributed by atoms with Gasteiger partial charge in [-0.3, -0.25) is 14.5 Å². The first-order valence-electron chi connectivity index (χ1n) is 6.17. The second kappa shape index (κ2) is 5.90. The molecule has 2 aliphatic rings. The number of amides is 1. The second-order valence-corrected chi connectivity index (χ2v) is 5.80. The molecular weight excluding hydrogens is 298 g/mol. The summed E-state index contributed by atoms with van der Waals surface area (Å²) in [5.74, 6) is -1.94. The summed E-state index contributed by atoms with van der Waals surface area (Å²) in [5, 5.41) is 8.87. The monoisotopic (exact) mass is 313 g/mol. The first kappa shape index (κ1) is 15.6. The van der Waals surface area contributed by atoms with E-state index < -0.39 is 11.9 Å². The van der Waals surface area contributed by atoms with E-state index in [4.69, 9.17) is 9.47 Å². The predicted octanol–water partition coefficient (Wildman–Crippen LogP) is 0.724. The number of nitrogens with zero attached hydrogens (tertiary/aromatic N) is 1. The first-order chi connectivity index (χ1) is 9.88. The summed E-state index contributed by atoms with van der Waals surface area (Å²) in [7, 11) is 1.47. The van der Waals surface area contributed by atoms with E-state index in [0.717, 1.165) is 0 Å². The van der Waals surface area contributed by atoms with Gasteiger partial charge >= 0.3 is 11.9 Å². The van der Waals surface area contributed by atoms with E-state index in [0.29, 0.717) is 16.1 Å². The van der Waals surface area contributed by atoms with Gasteiger partial charge in [-0.2, -0.15) is 0 Å². The van der Waals surface area contributed by atoms with Crippen molar-refractivity contribution in [3.05, 3.63) is 21.7 Å². The SMILES string of the molecule is COCC1=C(C(=O)O)N2C(=O)C(=C(C)COC(C)=O)[C@H]2S1. The molecule has 2 heterocycles. The van der Waals surface area contributed by atoms with E-state index >= 15 is 0 Å². The normalized spacial score (nSPS) is 22.9. The van der Waals surface area contributed by atoms with E-state index in [1.54, 1.807) is 6.92 Å². The highest BCUT2D eigenvalue weighted by Crippen LogP contribution is 2.49. The number of methoxy groups -OCH3 is 1. The average Bonchev–Trinajstić information content (AvgIpc) is 2.72. The molecule has 2 rings (SSSR count). The van der Waals surface area contributed by atoms with Gasteiger partial charge in [0.2, 0.25) is 0 Å². The van der Waals surface area contributed by atoms with Gasteiger partial charge in [-0.05, 0) is 12.5 Å². The van der Waals surface area contributed by atoms with Gasteiger partial charge in [0.1, 0.15) is 17.7 Å². The van der Waals surface area contributed by atoms with Crippen molar-refractivity contribution in [1.82, 2.24) is 4.90 Å². The van der Waals surface area contributed by atoms with Gasteiger partial charge in [0.15, 0.2) is 0 Å². The Bertz CT molecular complexity index is 579. The lowest BCUT2D eigenvalue weighted by Gasteiger charge is -2.38. The van der Waals surface area contributed by atoms with Crippen molar-refractivity contribution in [1.29, 1.82) is 0 Å². The van der Waals surface area contributed by atoms with Gasteiger partial charge in [0, 0.05) is 18.9 Å². The predicted molar refractivity (Wildman–Crippen MR) is 74.1 cm³/mol. The fourth-order valence-electron chi connectivity index (χ4n) is 2.20. The summed E-state index contributed by atoms with van der Waals surface area (Å²) >= 11 is 1.28. The highest BCUT2D eigenvalue weighted by Gasteiger charge is 2.53. The van der Waals surface area contributed by atoms with Crippen LogP contribution in [-0.2, 0) is 23.9 Å². The first-order valence-corrected chi connectivity index (χ1v) is 7.05. The Morgan fingerprint density at radius 1 is 1.38 bits per heavy atom. The number of fused-ring (bicyclic) bond motifs is 1. The number of hydrogen-bond acceptors (Lipinski definition) is 6. The minimum Gasteiger partial charge on any atom is -0.477 e. The van der Waals surface area contributed by atoms with E-state index in [1.807, 2.05) is 0 Å². The maximum absolute atomic E-state index is 12.2. The van der Waals surface area contributed by atoms with Gasteiger partial charge in [-0.15, -0.1) is 0 Å².